The number of rotatable bonds is 6. The molecule has 0 saturated carbocycles. The van der Waals surface area contributed by atoms with Gasteiger partial charge in [0.25, 0.3) is 10.0 Å². The third-order valence-electron chi connectivity index (χ3n) is 3.35. The first kappa shape index (κ1) is 15.0. The van der Waals surface area contributed by atoms with E-state index in [1.165, 1.54) is 6.34 Å². The molecule has 1 unspecified atom stereocenters. The monoisotopic (exact) mass is 295 g/mol. The van der Waals surface area contributed by atoms with Gasteiger partial charge in [0.1, 0.15) is 11.2 Å². The highest BCUT2D eigenvalue weighted by Gasteiger charge is 2.24. The Morgan fingerprint density at radius 1 is 1.35 bits per heavy atom. The predicted molar refractivity (Wildman–Crippen MR) is 81.8 cm³/mol. The van der Waals surface area contributed by atoms with E-state index in [-0.39, 0.29) is 4.90 Å². The number of anilines is 1. The first-order valence-corrected chi connectivity index (χ1v) is 8.38. The fourth-order valence-corrected chi connectivity index (χ4v) is 3.35. The fraction of sp³-hybridized carbons (Fsp3) is 0.500. The summed E-state index contributed by atoms with van der Waals surface area (Å²) in [7, 11) is -3.52. The van der Waals surface area contributed by atoms with E-state index in [0.717, 1.165) is 19.4 Å². The molecule has 0 spiro atoms. The molecule has 1 aromatic rings. The maximum absolute atomic E-state index is 11.8. The normalized spacial score (nSPS) is 17.8. The number of benzene rings is 1. The molecule has 1 heterocycles. The van der Waals surface area contributed by atoms with Crippen LogP contribution in [0.1, 0.15) is 26.7 Å². The fourth-order valence-electron chi connectivity index (χ4n) is 2.30. The molecule has 0 bridgehead atoms. The van der Waals surface area contributed by atoms with Crippen molar-refractivity contribution in [3.8, 4) is 0 Å². The SMILES string of the molecule is CCCC(C)NCCN1C=NS(=O)(=O)c2ccccc21. The molecule has 1 atom stereocenters. The summed E-state index contributed by atoms with van der Waals surface area (Å²) in [5, 5.41) is 3.43. The van der Waals surface area contributed by atoms with Crippen LogP contribution in [0.15, 0.2) is 33.6 Å². The molecule has 2 rings (SSSR count). The van der Waals surface area contributed by atoms with Gasteiger partial charge in [-0.1, -0.05) is 25.5 Å². The Balaban J connectivity index is 2.04. The maximum Gasteiger partial charge on any atom is 0.285 e. The summed E-state index contributed by atoms with van der Waals surface area (Å²) >= 11 is 0. The van der Waals surface area contributed by atoms with Gasteiger partial charge < -0.3 is 10.2 Å². The lowest BCUT2D eigenvalue weighted by atomic mass is 10.2. The third-order valence-corrected chi connectivity index (χ3v) is 4.62. The molecule has 0 saturated heterocycles. The Morgan fingerprint density at radius 2 is 2.10 bits per heavy atom. The van der Waals surface area contributed by atoms with E-state index in [9.17, 15) is 8.42 Å². The van der Waals surface area contributed by atoms with Crippen molar-refractivity contribution < 1.29 is 8.42 Å². The number of hydrogen-bond donors (Lipinski definition) is 1. The Kier molecular flexibility index (Phi) is 4.77. The number of nitrogens with one attached hydrogen (secondary N) is 1. The highest BCUT2D eigenvalue weighted by atomic mass is 32.2. The number of hydrogen-bond acceptors (Lipinski definition) is 4. The van der Waals surface area contributed by atoms with Crippen molar-refractivity contribution in [3.63, 3.8) is 0 Å². The smallest absolute Gasteiger partial charge is 0.285 e. The summed E-state index contributed by atoms with van der Waals surface area (Å²) in [6, 6.07) is 7.44. The first-order chi connectivity index (χ1) is 9.54. The number of fused-ring (bicyclic) bond motifs is 1. The topological polar surface area (TPSA) is 61.8 Å². The van der Waals surface area contributed by atoms with Gasteiger partial charge in [-0.3, -0.25) is 0 Å². The first-order valence-electron chi connectivity index (χ1n) is 6.94. The van der Waals surface area contributed by atoms with Gasteiger partial charge in [0.05, 0.1) is 5.69 Å². The minimum Gasteiger partial charge on any atom is -0.329 e. The molecular weight excluding hydrogens is 274 g/mol. The van der Waals surface area contributed by atoms with E-state index in [2.05, 4.69) is 23.6 Å². The average molecular weight is 295 g/mol. The maximum atomic E-state index is 11.8. The summed E-state index contributed by atoms with van der Waals surface area (Å²) in [4.78, 5) is 2.16. The van der Waals surface area contributed by atoms with Crippen LogP contribution < -0.4 is 10.2 Å². The second-order valence-electron chi connectivity index (χ2n) is 5.00. The Morgan fingerprint density at radius 3 is 2.85 bits per heavy atom. The quantitative estimate of drug-likeness (QED) is 0.872. The lowest BCUT2D eigenvalue weighted by Gasteiger charge is -2.25. The third kappa shape index (κ3) is 3.37. The van der Waals surface area contributed by atoms with E-state index in [1.54, 1.807) is 12.1 Å². The molecule has 6 heteroatoms. The lowest BCUT2D eigenvalue weighted by molar-refractivity contribution is 0.515. The molecular formula is C14H21N3O2S. The molecule has 5 nitrogen and oxygen atoms in total. The molecule has 1 aliphatic heterocycles. The van der Waals surface area contributed by atoms with Crippen molar-refractivity contribution in [2.45, 2.75) is 37.6 Å². The van der Waals surface area contributed by atoms with Gasteiger partial charge in [-0.15, -0.1) is 4.40 Å². The molecule has 0 amide bonds. The van der Waals surface area contributed by atoms with E-state index >= 15 is 0 Å². The summed E-state index contributed by atoms with van der Waals surface area (Å²) < 4.78 is 27.4. The molecule has 1 aliphatic rings. The van der Waals surface area contributed by atoms with Gasteiger partial charge >= 0.3 is 0 Å². The second kappa shape index (κ2) is 6.37. The standard InChI is InChI=1S/C14H21N3O2S/c1-3-6-12(2)15-9-10-17-11-16-20(18,19)14-8-5-4-7-13(14)17/h4-5,7-8,11-12,15H,3,6,9-10H2,1-2H3. The van der Waals surface area contributed by atoms with Crippen LogP contribution in [0, 0.1) is 0 Å². The largest absolute Gasteiger partial charge is 0.329 e. The van der Waals surface area contributed by atoms with Crippen LogP contribution in [0.5, 0.6) is 0 Å². The van der Waals surface area contributed by atoms with Crippen molar-refractivity contribution >= 4 is 22.0 Å². The number of sulfonamides is 1. The summed E-state index contributed by atoms with van der Waals surface area (Å²) in [6.45, 7) is 5.81. The van der Waals surface area contributed by atoms with E-state index in [0.29, 0.717) is 18.3 Å². The van der Waals surface area contributed by atoms with Crippen LogP contribution >= 0.6 is 0 Å². The Hall–Kier alpha value is -1.40. The Labute approximate surface area is 120 Å². The van der Waals surface area contributed by atoms with Gasteiger partial charge in [0, 0.05) is 19.1 Å². The highest BCUT2D eigenvalue weighted by molar-refractivity contribution is 7.90. The second-order valence-corrected chi connectivity index (χ2v) is 6.60. The van der Waals surface area contributed by atoms with Crippen LogP contribution in [0.2, 0.25) is 0 Å². The molecule has 0 radical (unpaired) electrons. The lowest BCUT2D eigenvalue weighted by Crippen LogP contribution is -2.37. The predicted octanol–water partition coefficient (Wildman–Crippen LogP) is 2.00. The van der Waals surface area contributed by atoms with Gasteiger partial charge in [0.2, 0.25) is 0 Å². The molecule has 1 aromatic carbocycles. The molecule has 1 N–H and O–H groups in total. The molecule has 0 aromatic heterocycles. The van der Waals surface area contributed by atoms with Crippen LogP contribution in [-0.4, -0.2) is 33.9 Å². The highest BCUT2D eigenvalue weighted by Crippen LogP contribution is 2.28. The zero-order valence-corrected chi connectivity index (χ0v) is 12.7. The van der Waals surface area contributed by atoms with Crippen molar-refractivity contribution in [2.24, 2.45) is 4.40 Å². The molecule has 20 heavy (non-hydrogen) atoms. The van der Waals surface area contributed by atoms with Crippen LogP contribution in [-0.2, 0) is 10.0 Å². The Bertz CT molecular complexity index is 584. The zero-order valence-electron chi connectivity index (χ0n) is 11.9. The minimum absolute atomic E-state index is 0.282. The van der Waals surface area contributed by atoms with Gasteiger partial charge in [-0.2, -0.15) is 8.42 Å². The van der Waals surface area contributed by atoms with Crippen molar-refractivity contribution in [1.82, 2.24) is 5.32 Å². The van der Waals surface area contributed by atoms with Crippen molar-refractivity contribution in [1.29, 1.82) is 0 Å². The van der Waals surface area contributed by atoms with Gasteiger partial charge in [-0.05, 0) is 25.5 Å². The van der Waals surface area contributed by atoms with E-state index in [4.69, 9.17) is 0 Å². The van der Waals surface area contributed by atoms with Crippen LogP contribution in [0.4, 0.5) is 5.69 Å². The summed E-state index contributed by atoms with van der Waals surface area (Å²) in [5.41, 5.74) is 0.701. The average Bonchev–Trinajstić information content (AvgIpc) is 2.42. The van der Waals surface area contributed by atoms with Gasteiger partial charge in [0.15, 0.2) is 0 Å². The van der Waals surface area contributed by atoms with Crippen LogP contribution in [0.25, 0.3) is 0 Å². The minimum atomic E-state index is -3.52. The number of nitrogens with zero attached hydrogens (tertiary/aromatic N) is 2. The van der Waals surface area contributed by atoms with E-state index in [1.807, 2.05) is 17.0 Å². The zero-order chi connectivity index (χ0) is 14.6. The van der Waals surface area contributed by atoms with Crippen molar-refractivity contribution in [2.75, 3.05) is 18.0 Å². The summed E-state index contributed by atoms with van der Waals surface area (Å²) in [6.07, 6.45) is 3.70. The molecule has 0 fully saturated rings. The van der Waals surface area contributed by atoms with Crippen LogP contribution in [0.3, 0.4) is 0 Å². The number of para-hydroxylation sites is 1. The van der Waals surface area contributed by atoms with Gasteiger partial charge in [-0.25, -0.2) is 0 Å². The van der Waals surface area contributed by atoms with E-state index < -0.39 is 10.0 Å². The summed E-state index contributed by atoms with van der Waals surface area (Å²) in [5.74, 6) is 0. The molecule has 0 aliphatic carbocycles. The van der Waals surface area contributed by atoms with Crippen molar-refractivity contribution in [3.05, 3.63) is 24.3 Å². The molecule has 110 valence electrons.